The second kappa shape index (κ2) is 6.50. The van der Waals surface area contributed by atoms with Gasteiger partial charge in [-0.2, -0.15) is 0 Å². The normalized spacial score (nSPS) is 11.7. The Kier molecular flexibility index (Phi) is 4.70. The maximum atomic E-state index is 12.4. The lowest BCUT2D eigenvalue weighted by atomic mass is 10.0. The first kappa shape index (κ1) is 15.2. The highest BCUT2D eigenvalue weighted by Crippen LogP contribution is 2.15. The molecule has 1 amide bonds. The van der Waals surface area contributed by atoms with Crippen LogP contribution in [-0.2, 0) is 0 Å². The van der Waals surface area contributed by atoms with Crippen LogP contribution in [0.25, 0.3) is 0 Å². The molecule has 3 N–H and O–H groups in total. The molecule has 0 spiro atoms. The molecule has 0 fully saturated rings. The van der Waals surface area contributed by atoms with Gasteiger partial charge in [0, 0.05) is 5.56 Å². The third kappa shape index (κ3) is 3.67. The third-order valence-electron chi connectivity index (χ3n) is 3.46. The molecule has 0 bridgehead atoms. The summed E-state index contributed by atoms with van der Waals surface area (Å²) in [5.41, 5.74) is 9.48. The summed E-state index contributed by atoms with van der Waals surface area (Å²) in [7, 11) is 0. The molecule has 0 aromatic heterocycles. The third-order valence-corrected chi connectivity index (χ3v) is 3.70. The molecule has 0 aliphatic heterocycles. The largest absolute Gasteiger partial charge is 0.391 e. The molecule has 1 atom stereocenters. The average molecular weight is 298 g/mol. The Balaban J connectivity index is 2.23. The van der Waals surface area contributed by atoms with Crippen molar-refractivity contribution < 1.29 is 4.79 Å². The molecule has 0 saturated heterocycles. The van der Waals surface area contributed by atoms with Gasteiger partial charge in [0.05, 0.1) is 0 Å². The van der Waals surface area contributed by atoms with E-state index in [9.17, 15) is 4.79 Å². The Bertz CT molecular complexity index is 668. The first-order chi connectivity index (χ1) is 9.99. The summed E-state index contributed by atoms with van der Waals surface area (Å²) >= 11 is 5.08. The van der Waals surface area contributed by atoms with Crippen molar-refractivity contribution in [3.05, 3.63) is 70.8 Å². The number of hydrogen-bond donors (Lipinski definition) is 2. The van der Waals surface area contributed by atoms with Gasteiger partial charge in [0.1, 0.15) is 11.0 Å². The van der Waals surface area contributed by atoms with Crippen molar-refractivity contribution in [1.82, 2.24) is 5.32 Å². The number of carbonyl (C=O) groups excluding carboxylic acids is 1. The molecule has 0 saturated carbocycles. The molecule has 2 rings (SSSR count). The van der Waals surface area contributed by atoms with E-state index in [-0.39, 0.29) is 10.9 Å². The molecule has 1 unspecified atom stereocenters. The Labute approximate surface area is 130 Å². The van der Waals surface area contributed by atoms with E-state index in [4.69, 9.17) is 18.0 Å². The molecule has 0 aliphatic carbocycles. The fourth-order valence-electron chi connectivity index (χ4n) is 2.06. The van der Waals surface area contributed by atoms with Gasteiger partial charge in [0.15, 0.2) is 0 Å². The van der Waals surface area contributed by atoms with Crippen LogP contribution in [0.1, 0.15) is 33.1 Å². The van der Waals surface area contributed by atoms with E-state index in [1.165, 1.54) is 0 Å². The number of hydrogen-bond acceptors (Lipinski definition) is 2. The number of carbonyl (C=O) groups is 1. The van der Waals surface area contributed by atoms with Crippen molar-refractivity contribution in [3.63, 3.8) is 0 Å². The molecular formula is C17H18N2OS. The number of benzene rings is 2. The molecule has 0 heterocycles. The van der Waals surface area contributed by atoms with Gasteiger partial charge < -0.3 is 11.1 Å². The number of aryl methyl sites for hydroxylation is 2. The molecule has 2 aromatic rings. The van der Waals surface area contributed by atoms with Crippen molar-refractivity contribution in [2.24, 2.45) is 5.73 Å². The van der Waals surface area contributed by atoms with Crippen LogP contribution in [-0.4, -0.2) is 10.9 Å². The Morgan fingerprint density at radius 1 is 1.10 bits per heavy atom. The van der Waals surface area contributed by atoms with Gasteiger partial charge in [0.25, 0.3) is 5.91 Å². The number of nitrogens with one attached hydrogen (secondary N) is 1. The summed E-state index contributed by atoms with van der Waals surface area (Å²) in [5.74, 6) is -0.181. The summed E-state index contributed by atoms with van der Waals surface area (Å²) in [6, 6.07) is 14.6. The minimum atomic E-state index is -0.463. The van der Waals surface area contributed by atoms with Crippen LogP contribution < -0.4 is 11.1 Å². The molecule has 108 valence electrons. The molecule has 21 heavy (non-hydrogen) atoms. The summed E-state index contributed by atoms with van der Waals surface area (Å²) in [5, 5.41) is 2.89. The summed E-state index contributed by atoms with van der Waals surface area (Å²) in [6.45, 7) is 3.99. The second-order valence-corrected chi connectivity index (χ2v) is 5.49. The zero-order valence-corrected chi connectivity index (χ0v) is 12.9. The van der Waals surface area contributed by atoms with E-state index in [1.807, 2.05) is 56.3 Å². The van der Waals surface area contributed by atoms with Gasteiger partial charge in [-0.3, -0.25) is 4.79 Å². The van der Waals surface area contributed by atoms with E-state index < -0.39 is 6.04 Å². The number of amides is 1. The zero-order valence-electron chi connectivity index (χ0n) is 12.1. The second-order valence-electron chi connectivity index (χ2n) is 5.02. The van der Waals surface area contributed by atoms with E-state index in [0.29, 0.717) is 5.56 Å². The smallest absolute Gasteiger partial charge is 0.252 e. The van der Waals surface area contributed by atoms with Crippen LogP contribution in [0.5, 0.6) is 0 Å². The van der Waals surface area contributed by atoms with E-state index >= 15 is 0 Å². The molecule has 0 aliphatic rings. The van der Waals surface area contributed by atoms with Gasteiger partial charge in [-0.15, -0.1) is 0 Å². The Morgan fingerprint density at radius 3 is 2.33 bits per heavy atom. The Morgan fingerprint density at radius 2 is 1.76 bits per heavy atom. The van der Waals surface area contributed by atoms with Crippen LogP contribution in [0, 0.1) is 13.8 Å². The van der Waals surface area contributed by atoms with Crippen molar-refractivity contribution in [1.29, 1.82) is 0 Å². The molecule has 3 nitrogen and oxygen atoms in total. The van der Waals surface area contributed by atoms with Gasteiger partial charge in [-0.25, -0.2) is 0 Å². The van der Waals surface area contributed by atoms with E-state index in [2.05, 4.69) is 5.32 Å². The first-order valence-electron chi connectivity index (χ1n) is 6.71. The fourth-order valence-corrected chi connectivity index (χ4v) is 2.26. The van der Waals surface area contributed by atoms with Crippen LogP contribution in [0.15, 0.2) is 48.5 Å². The number of rotatable bonds is 4. The van der Waals surface area contributed by atoms with Crippen molar-refractivity contribution in [2.75, 3.05) is 0 Å². The molecule has 0 radical (unpaired) electrons. The summed E-state index contributed by atoms with van der Waals surface area (Å²) in [6.07, 6.45) is 0. The summed E-state index contributed by atoms with van der Waals surface area (Å²) < 4.78 is 0. The first-order valence-corrected chi connectivity index (χ1v) is 7.12. The minimum absolute atomic E-state index is 0.181. The van der Waals surface area contributed by atoms with Crippen LogP contribution in [0.4, 0.5) is 0 Å². The lowest BCUT2D eigenvalue weighted by Gasteiger charge is -2.18. The molecular weight excluding hydrogens is 280 g/mol. The maximum absolute atomic E-state index is 12.4. The predicted molar refractivity (Wildman–Crippen MR) is 89.4 cm³/mol. The highest BCUT2D eigenvalue weighted by atomic mass is 32.1. The van der Waals surface area contributed by atoms with Gasteiger partial charge in [-0.1, -0.05) is 48.6 Å². The fraction of sp³-hybridized carbons (Fsp3) is 0.176. The van der Waals surface area contributed by atoms with Crippen molar-refractivity contribution in [3.8, 4) is 0 Å². The van der Waals surface area contributed by atoms with Gasteiger partial charge in [0.2, 0.25) is 0 Å². The van der Waals surface area contributed by atoms with Crippen LogP contribution in [0.2, 0.25) is 0 Å². The average Bonchev–Trinajstić information content (AvgIpc) is 2.48. The standard InChI is InChI=1S/C17H18N2OS/c1-11-8-9-14(10-12(11)2)17(20)19-15(16(18)21)13-6-4-3-5-7-13/h3-10,15H,1-2H3,(H2,18,21)(H,19,20). The highest BCUT2D eigenvalue weighted by Gasteiger charge is 2.18. The predicted octanol–water partition coefficient (Wildman–Crippen LogP) is 3.06. The number of nitrogens with two attached hydrogens (primary N) is 1. The molecule has 4 heteroatoms. The lowest BCUT2D eigenvalue weighted by Crippen LogP contribution is -2.36. The zero-order chi connectivity index (χ0) is 15.4. The van der Waals surface area contributed by atoms with E-state index in [0.717, 1.165) is 16.7 Å². The van der Waals surface area contributed by atoms with Gasteiger partial charge >= 0.3 is 0 Å². The Hall–Kier alpha value is -2.20. The van der Waals surface area contributed by atoms with Crippen LogP contribution >= 0.6 is 12.2 Å². The lowest BCUT2D eigenvalue weighted by molar-refractivity contribution is 0.0947. The maximum Gasteiger partial charge on any atom is 0.252 e. The molecule has 2 aromatic carbocycles. The summed E-state index contributed by atoms with van der Waals surface area (Å²) in [4.78, 5) is 12.6. The highest BCUT2D eigenvalue weighted by molar-refractivity contribution is 7.80. The van der Waals surface area contributed by atoms with Crippen molar-refractivity contribution >= 4 is 23.1 Å². The minimum Gasteiger partial charge on any atom is -0.391 e. The monoisotopic (exact) mass is 298 g/mol. The SMILES string of the molecule is Cc1ccc(C(=O)NC(C(N)=S)c2ccccc2)cc1C. The van der Waals surface area contributed by atoms with E-state index in [1.54, 1.807) is 6.07 Å². The topological polar surface area (TPSA) is 55.1 Å². The number of thiocarbonyl (C=S) groups is 1. The van der Waals surface area contributed by atoms with Crippen LogP contribution in [0.3, 0.4) is 0 Å². The van der Waals surface area contributed by atoms with Crippen molar-refractivity contribution in [2.45, 2.75) is 19.9 Å². The van der Waals surface area contributed by atoms with Gasteiger partial charge in [-0.05, 0) is 42.7 Å². The quantitative estimate of drug-likeness (QED) is 0.853.